The largest absolute Gasteiger partial charge is 0.381 e. The Morgan fingerprint density at radius 3 is 2.37 bits per heavy atom. The second-order valence-corrected chi connectivity index (χ2v) is 6.67. The highest BCUT2D eigenvalue weighted by Gasteiger charge is 2.26. The Kier molecular flexibility index (Phi) is 5.00. The van der Waals surface area contributed by atoms with E-state index in [4.69, 9.17) is 4.74 Å². The van der Waals surface area contributed by atoms with Gasteiger partial charge in [-0.15, -0.1) is 0 Å². The van der Waals surface area contributed by atoms with Gasteiger partial charge in [0.25, 0.3) is 0 Å². The predicted molar refractivity (Wildman–Crippen MR) is 80.2 cm³/mol. The maximum absolute atomic E-state index is 5.43. The van der Waals surface area contributed by atoms with Crippen LogP contribution in [0.4, 0.5) is 0 Å². The van der Waals surface area contributed by atoms with E-state index >= 15 is 0 Å². The van der Waals surface area contributed by atoms with Gasteiger partial charge in [-0.25, -0.2) is 0 Å². The number of rotatable bonds is 4. The molecule has 0 bridgehead atoms. The molecule has 1 aromatic carbocycles. The molecule has 0 saturated carbocycles. The van der Waals surface area contributed by atoms with Crippen LogP contribution in [0.15, 0.2) is 30.3 Å². The molecule has 1 saturated heterocycles. The van der Waals surface area contributed by atoms with E-state index in [1.54, 1.807) is 0 Å². The van der Waals surface area contributed by atoms with E-state index in [1.165, 1.54) is 18.4 Å². The van der Waals surface area contributed by atoms with Crippen molar-refractivity contribution >= 4 is 0 Å². The van der Waals surface area contributed by atoms with Gasteiger partial charge in [0, 0.05) is 19.3 Å². The molecule has 0 amide bonds. The second kappa shape index (κ2) is 6.53. The third-order valence-corrected chi connectivity index (χ3v) is 3.95. The molecule has 1 N–H and O–H groups in total. The Bertz CT molecular complexity index is 363. The van der Waals surface area contributed by atoms with E-state index in [9.17, 15) is 0 Å². The Labute approximate surface area is 117 Å². The quantitative estimate of drug-likeness (QED) is 0.890. The monoisotopic (exact) mass is 261 g/mol. The number of hydrogen-bond acceptors (Lipinski definition) is 2. The molecule has 106 valence electrons. The molecule has 2 rings (SSSR count). The summed E-state index contributed by atoms with van der Waals surface area (Å²) in [5, 5.41) is 3.79. The summed E-state index contributed by atoms with van der Waals surface area (Å²) >= 11 is 0. The van der Waals surface area contributed by atoms with E-state index in [-0.39, 0.29) is 5.41 Å². The van der Waals surface area contributed by atoms with Crippen molar-refractivity contribution in [2.24, 2.45) is 11.3 Å². The van der Waals surface area contributed by atoms with Gasteiger partial charge in [-0.3, -0.25) is 0 Å². The molecule has 19 heavy (non-hydrogen) atoms. The van der Waals surface area contributed by atoms with Gasteiger partial charge in [0.15, 0.2) is 0 Å². The van der Waals surface area contributed by atoms with E-state index in [2.05, 4.69) is 56.4 Å². The molecule has 1 aliphatic heterocycles. The van der Waals surface area contributed by atoms with Crippen LogP contribution in [0.2, 0.25) is 0 Å². The summed E-state index contributed by atoms with van der Waals surface area (Å²) in [6.07, 6.45) is 2.39. The zero-order valence-corrected chi connectivity index (χ0v) is 12.5. The van der Waals surface area contributed by atoms with E-state index < -0.39 is 0 Å². The highest BCUT2D eigenvalue weighted by atomic mass is 16.5. The third kappa shape index (κ3) is 4.32. The first-order chi connectivity index (χ1) is 9.07. The number of ether oxygens (including phenoxy) is 1. The minimum absolute atomic E-state index is 0.229. The van der Waals surface area contributed by atoms with Crippen LogP contribution in [0.5, 0.6) is 0 Å². The SMILES string of the molecule is CC(C)(C)C(NCC1CCOCC1)c1ccccc1. The fraction of sp³-hybridized carbons (Fsp3) is 0.647. The molecule has 1 aromatic rings. The Hall–Kier alpha value is -0.860. The fourth-order valence-corrected chi connectivity index (χ4v) is 2.80. The number of benzene rings is 1. The Balaban J connectivity index is 1.99. The van der Waals surface area contributed by atoms with Crippen molar-refractivity contribution in [2.45, 2.75) is 39.7 Å². The van der Waals surface area contributed by atoms with Gasteiger partial charge < -0.3 is 10.1 Å². The Morgan fingerprint density at radius 1 is 1.16 bits per heavy atom. The molecule has 0 aliphatic carbocycles. The van der Waals surface area contributed by atoms with Crippen molar-refractivity contribution in [3.63, 3.8) is 0 Å². The van der Waals surface area contributed by atoms with Crippen molar-refractivity contribution in [2.75, 3.05) is 19.8 Å². The van der Waals surface area contributed by atoms with Crippen LogP contribution in [0.25, 0.3) is 0 Å². The minimum atomic E-state index is 0.229. The smallest absolute Gasteiger partial charge is 0.0469 e. The van der Waals surface area contributed by atoms with Crippen molar-refractivity contribution in [3.05, 3.63) is 35.9 Å². The zero-order valence-electron chi connectivity index (χ0n) is 12.5. The van der Waals surface area contributed by atoms with Crippen molar-refractivity contribution in [1.29, 1.82) is 0 Å². The van der Waals surface area contributed by atoms with Crippen LogP contribution in [-0.2, 0) is 4.74 Å². The fourth-order valence-electron chi connectivity index (χ4n) is 2.80. The van der Waals surface area contributed by atoms with Crippen LogP contribution >= 0.6 is 0 Å². The highest BCUT2D eigenvalue weighted by Crippen LogP contribution is 2.33. The second-order valence-electron chi connectivity index (χ2n) is 6.67. The molecule has 0 aromatic heterocycles. The highest BCUT2D eigenvalue weighted by molar-refractivity contribution is 5.20. The predicted octanol–water partition coefficient (Wildman–Crippen LogP) is 3.79. The molecule has 1 atom stereocenters. The lowest BCUT2D eigenvalue weighted by Crippen LogP contribution is -2.36. The summed E-state index contributed by atoms with van der Waals surface area (Å²) in [6, 6.07) is 11.2. The van der Waals surface area contributed by atoms with Crippen LogP contribution < -0.4 is 5.32 Å². The van der Waals surface area contributed by atoms with Crippen molar-refractivity contribution in [3.8, 4) is 0 Å². The van der Waals surface area contributed by atoms with E-state index in [1.807, 2.05) is 0 Å². The first kappa shape index (κ1) is 14.5. The first-order valence-corrected chi connectivity index (χ1v) is 7.43. The third-order valence-electron chi connectivity index (χ3n) is 3.95. The van der Waals surface area contributed by atoms with Crippen molar-refractivity contribution < 1.29 is 4.74 Å². The van der Waals surface area contributed by atoms with Crippen LogP contribution in [0.3, 0.4) is 0 Å². The number of hydrogen-bond donors (Lipinski definition) is 1. The molecule has 2 nitrogen and oxygen atoms in total. The summed E-state index contributed by atoms with van der Waals surface area (Å²) < 4.78 is 5.43. The van der Waals surface area contributed by atoms with E-state index in [0.29, 0.717) is 6.04 Å². The van der Waals surface area contributed by atoms with Crippen LogP contribution in [0.1, 0.15) is 45.2 Å². The van der Waals surface area contributed by atoms with Crippen molar-refractivity contribution in [1.82, 2.24) is 5.32 Å². The van der Waals surface area contributed by atoms with Gasteiger partial charge in [-0.05, 0) is 36.3 Å². The van der Waals surface area contributed by atoms with Gasteiger partial charge in [-0.2, -0.15) is 0 Å². The topological polar surface area (TPSA) is 21.3 Å². The first-order valence-electron chi connectivity index (χ1n) is 7.43. The standard InChI is InChI=1S/C17H27NO/c1-17(2,3)16(15-7-5-4-6-8-15)18-13-14-9-11-19-12-10-14/h4-8,14,16,18H,9-13H2,1-3H3. The van der Waals surface area contributed by atoms with Gasteiger partial charge in [0.05, 0.1) is 0 Å². The lowest BCUT2D eigenvalue weighted by Gasteiger charge is -2.34. The average molecular weight is 261 g/mol. The zero-order chi connectivity index (χ0) is 13.7. The molecule has 1 aliphatic rings. The van der Waals surface area contributed by atoms with Gasteiger partial charge in [-0.1, -0.05) is 51.1 Å². The van der Waals surface area contributed by atoms with E-state index in [0.717, 1.165) is 25.7 Å². The summed E-state index contributed by atoms with van der Waals surface area (Å²) in [7, 11) is 0. The molecule has 1 fully saturated rings. The summed E-state index contributed by atoms with van der Waals surface area (Å²) in [6.45, 7) is 9.88. The number of nitrogens with one attached hydrogen (secondary N) is 1. The van der Waals surface area contributed by atoms with Gasteiger partial charge in [0.1, 0.15) is 0 Å². The minimum Gasteiger partial charge on any atom is -0.381 e. The maximum Gasteiger partial charge on any atom is 0.0469 e. The molecule has 1 heterocycles. The van der Waals surface area contributed by atoms with Crippen LogP contribution in [0, 0.1) is 11.3 Å². The molecule has 2 heteroatoms. The lowest BCUT2D eigenvalue weighted by atomic mass is 9.82. The summed E-state index contributed by atoms with van der Waals surface area (Å²) in [5.41, 5.74) is 1.62. The van der Waals surface area contributed by atoms with Gasteiger partial charge in [0.2, 0.25) is 0 Å². The normalized spacial score (nSPS) is 19.3. The summed E-state index contributed by atoms with van der Waals surface area (Å²) in [4.78, 5) is 0. The lowest BCUT2D eigenvalue weighted by molar-refractivity contribution is 0.0637. The molecular formula is C17H27NO. The Morgan fingerprint density at radius 2 is 1.79 bits per heavy atom. The molecular weight excluding hydrogens is 234 g/mol. The molecule has 0 spiro atoms. The van der Waals surface area contributed by atoms with Gasteiger partial charge >= 0.3 is 0 Å². The van der Waals surface area contributed by atoms with Crippen LogP contribution in [-0.4, -0.2) is 19.8 Å². The average Bonchev–Trinajstić information content (AvgIpc) is 2.40. The maximum atomic E-state index is 5.43. The molecule has 0 radical (unpaired) electrons. The molecule has 1 unspecified atom stereocenters. The summed E-state index contributed by atoms with van der Waals surface area (Å²) in [5.74, 6) is 0.766.